The molecule has 0 atom stereocenters. The van der Waals surface area contributed by atoms with Crippen molar-refractivity contribution in [2.24, 2.45) is 0 Å². The van der Waals surface area contributed by atoms with Crippen LogP contribution < -0.4 is 4.74 Å². The molecule has 2 rings (SSSR count). The predicted octanol–water partition coefficient (Wildman–Crippen LogP) is 2.86. The van der Waals surface area contributed by atoms with Gasteiger partial charge in [-0.15, -0.1) is 0 Å². The second-order valence-electron chi connectivity index (χ2n) is 5.08. The van der Waals surface area contributed by atoms with Crippen LogP contribution in [-0.4, -0.2) is 37.6 Å². The van der Waals surface area contributed by atoms with E-state index >= 15 is 0 Å². The minimum atomic E-state index is 0.113. The van der Waals surface area contributed by atoms with Gasteiger partial charge in [0, 0.05) is 30.8 Å². The lowest BCUT2D eigenvalue weighted by Gasteiger charge is -2.17. The SMILES string of the molecule is CCCOCc1cc(C(=O)N2CCCC2)ccc1OC. The first-order valence-electron chi connectivity index (χ1n) is 7.30. The number of ether oxygens (including phenoxy) is 2. The molecular weight excluding hydrogens is 254 g/mol. The zero-order valence-electron chi connectivity index (χ0n) is 12.4. The first-order valence-corrected chi connectivity index (χ1v) is 7.30. The summed E-state index contributed by atoms with van der Waals surface area (Å²) in [7, 11) is 1.64. The van der Waals surface area contributed by atoms with Crippen LogP contribution in [0, 0.1) is 0 Å². The first-order chi connectivity index (χ1) is 9.76. The summed E-state index contributed by atoms with van der Waals surface area (Å²) in [6.45, 7) is 5.01. The molecule has 0 aromatic heterocycles. The Hall–Kier alpha value is -1.55. The summed E-state index contributed by atoms with van der Waals surface area (Å²) in [6, 6.07) is 5.59. The van der Waals surface area contributed by atoms with Gasteiger partial charge in [-0.2, -0.15) is 0 Å². The quantitative estimate of drug-likeness (QED) is 0.751. The van der Waals surface area contributed by atoms with E-state index in [2.05, 4.69) is 6.92 Å². The van der Waals surface area contributed by atoms with Gasteiger partial charge in [0.05, 0.1) is 13.7 Å². The van der Waals surface area contributed by atoms with Crippen molar-refractivity contribution in [3.63, 3.8) is 0 Å². The highest BCUT2D eigenvalue weighted by Gasteiger charge is 2.20. The molecular formula is C16H23NO3. The molecule has 1 amide bonds. The lowest BCUT2D eigenvalue weighted by molar-refractivity contribution is 0.0792. The molecule has 4 heteroatoms. The van der Waals surface area contributed by atoms with E-state index in [4.69, 9.17) is 9.47 Å². The number of methoxy groups -OCH3 is 1. The standard InChI is InChI=1S/C16H23NO3/c1-3-10-20-12-14-11-13(6-7-15(14)19-2)16(18)17-8-4-5-9-17/h6-7,11H,3-5,8-10,12H2,1-2H3. The van der Waals surface area contributed by atoms with Crippen molar-refractivity contribution in [1.82, 2.24) is 4.90 Å². The van der Waals surface area contributed by atoms with E-state index in [9.17, 15) is 4.79 Å². The zero-order chi connectivity index (χ0) is 14.4. The van der Waals surface area contributed by atoms with E-state index in [1.165, 1.54) is 0 Å². The van der Waals surface area contributed by atoms with Crippen LogP contribution in [0.2, 0.25) is 0 Å². The normalized spacial score (nSPS) is 14.6. The molecule has 20 heavy (non-hydrogen) atoms. The van der Waals surface area contributed by atoms with Crippen molar-refractivity contribution in [1.29, 1.82) is 0 Å². The summed E-state index contributed by atoms with van der Waals surface area (Å²) in [5, 5.41) is 0. The van der Waals surface area contributed by atoms with Crippen LogP contribution in [0.15, 0.2) is 18.2 Å². The van der Waals surface area contributed by atoms with Gasteiger partial charge in [0.2, 0.25) is 0 Å². The maximum Gasteiger partial charge on any atom is 0.253 e. The topological polar surface area (TPSA) is 38.8 Å². The minimum Gasteiger partial charge on any atom is -0.496 e. The Morgan fingerprint density at radius 1 is 1.30 bits per heavy atom. The average Bonchev–Trinajstić information content (AvgIpc) is 3.01. The number of hydrogen-bond donors (Lipinski definition) is 0. The summed E-state index contributed by atoms with van der Waals surface area (Å²) in [6.07, 6.45) is 3.19. The van der Waals surface area contributed by atoms with Crippen LogP contribution >= 0.6 is 0 Å². The Morgan fingerprint density at radius 3 is 2.70 bits per heavy atom. The Balaban J connectivity index is 2.13. The Bertz CT molecular complexity index is 453. The number of carbonyl (C=O) groups is 1. The van der Waals surface area contributed by atoms with Gasteiger partial charge in [0.1, 0.15) is 5.75 Å². The van der Waals surface area contributed by atoms with E-state index in [0.717, 1.165) is 49.2 Å². The van der Waals surface area contributed by atoms with Crippen LogP contribution in [0.1, 0.15) is 42.1 Å². The molecule has 1 aliphatic rings. The van der Waals surface area contributed by atoms with E-state index in [0.29, 0.717) is 13.2 Å². The Morgan fingerprint density at radius 2 is 2.05 bits per heavy atom. The molecule has 1 saturated heterocycles. The first kappa shape index (κ1) is 14.9. The van der Waals surface area contributed by atoms with Crippen molar-refractivity contribution in [3.8, 4) is 5.75 Å². The fraction of sp³-hybridized carbons (Fsp3) is 0.562. The molecule has 1 aromatic rings. The van der Waals surface area contributed by atoms with Crippen LogP contribution in [0.5, 0.6) is 5.75 Å². The van der Waals surface area contributed by atoms with E-state index < -0.39 is 0 Å². The van der Waals surface area contributed by atoms with Gasteiger partial charge in [-0.3, -0.25) is 4.79 Å². The second kappa shape index (κ2) is 7.29. The predicted molar refractivity (Wildman–Crippen MR) is 78.1 cm³/mol. The van der Waals surface area contributed by atoms with Crippen molar-refractivity contribution >= 4 is 5.91 Å². The smallest absolute Gasteiger partial charge is 0.253 e. The number of rotatable bonds is 6. The Kier molecular flexibility index (Phi) is 5.41. The molecule has 1 aliphatic heterocycles. The van der Waals surface area contributed by atoms with Gasteiger partial charge in [-0.05, 0) is 37.5 Å². The third-order valence-corrected chi connectivity index (χ3v) is 3.53. The maximum atomic E-state index is 12.4. The summed E-state index contributed by atoms with van der Waals surface area (Å²) in [4.78, 5) is 14.3. The number of nitrogens with zero attached hydrogens (tertiary/aromatic N) is 1. The van der Waals surface area contributed by atoms with Gasteiger partial charge in [0.15, 0.2) is 0 Å². The lowest BCUT2D eigenvalue weighted by Crippen LogP contribution is -2.27. The van der Waals surface area contributed by atoms with E-state index in [1.807, 2.05) is 23.1 Å². The molecule has 110 valence electrons. The lowest BCUT2D eigenvalue weighted by atomic mass is 10.1. The highest BCUT2D eigenvalue weighted by atomic mass is 16.5. The summed E-state index contributed by atoms with van der Waals surface area (Å²) >= 11 is 0. The monoisotopic (exact) mass is 277 g/mol. The largest absolute Gasteiger partial charge is 0.496 e. The van der Waals surface area contributed by atoms with Gasteiger partial charge < -0.3 is 14.4 Å². The van der Waals surface area contributed by atoms with Crippen molar-refractivity contribution in [2.75, 3.05) is 26.8 Å². The van der Waals surface area contributed by atoms with Crippen LogP contribution in [0.3, 0.4) is 0 Å². The Labute approximate surface area is 120 Å². The van der Waals surface area contributed by atoms with Gasteiger partial charge >= 0.3 is 0 Å². The van der Waals surface area contributed by atoms with Crippen LogP contribution in [0.25, 0.3) is 0 Å². The molecule has 0 saturated carbocycles. The molecule has 0 bridgehead atoms. The number of amides is 1. The number of hydrogen-bond acceptors (Lipinski definition) is 3. The molecule has 1 fully saturated rings. The summed E-state index contributed by atoms with van der Waals surface area (Å²) in [5.74, 6) is 0.890. The van der Waals surface area contributed by atoms with Crippen LogP contribution in [0.4, 0.5) is 0 Å². The molecule has 0 radical (unpaired) electrons. The third kappa shape index (κ3) is 3.51. The average molecular weight is 277 g/mol. The van der Waals surface area contributed by atoms with Crippen molar-refractivity contribution < 1.29 is 14.3 Å². The zero-order valence-corrected chi connectivity index (χ0v) is 12.4. The number of carbonyl (C=O) groups excluding carboxylic acids is 1. The highest BCUT2D eigenvalue weighted by Crippen LogP contribution is 2.22. The molecule has 1 heterocycles. The number of benzene rings is 1. The van der Waals surface area contributed by atoms with E-state index in [-0.39, 0.29) is 5.91 Å². The number of likely N-dealkylation sites (tertiary alicyclic amines) is 1. The minimum absolute atomic E-state index is 0.113. The summed E-state index contributed by atoms with van der Waals surface area (Å²) < 4.78 is 10.9. The molecule has 1 aromatic carbocycles. The maximum absolute atomic E-state index is 12.4. The molecule has 0 spiro atoms. The van der Waals surface area contributed by atoms with Crippen molar-refractivity contribution in [2.45, 2.75) is 32.8 Å². The highest BCUT2D eigenvalue weighted by molar-refractivity contribution is 5.94. The van der Waals surface area contributed by atoms with Gasteiger partial charge in [0.25, 0.3) is 5.91 Å². The fourth-order valence-electron chi connectivity index (χ4n) is 2.45. The van der Waals surface area contributed by atoms with Crippen LogP contribution in [-0.2, 0) is 11.3 Å². The molecule has 0 aliphatic carbocycles. The molecule has 4 nitrogen and oxygen atoms in total. The van der Waals surface area contributed by atoms with Crippen molar-refractivity contribution in [3.05, 3.63) is 29.3 Å². The molecule has 0 N–H and O–H groups in total. The molecule has 0 unspecified atom stereocenters. The third-order valence-electron chi connectivity index (χ3n) is 3.53. The fourth-order valence-corrected chi connectivity index (χ4v) is 2.45. The van der Waals surface area contributed by atoms with E-state index in [1.54, 1.807) is 7.11 Å². The second-order valence-corrected chi connectivity index (χ2v) is 5.08. The van der Waals surface area contributed by atoms with Gasteiger partial charge in [-0.1, -0.05) is 6.92 Å². The summed E-state index contributed by atoms with van der Waals surface area (Å²) in [5.41, 5.74) is 1.66. The van der Waals surface area contributed by atoms with Gasteiger partial charge in [-0.25, -0.2) is 0 Å².